The Hall–Kier alpha value is -3.07. The summed E-state index contributed by atoms with van der Waals surface area (Å²) in [4.78, 5) is 4.32. The van der Waals surface area contributed by atoms with Crippen molar-refractivity contribution in [3.8, 4) is 11.5 Å². The van der Waals surface area contributed by atoms with Gasteiger partial charge in [-0.3, -0.25) is 4.98 Å². The standard InChI is InChI=1S/C21H18ClN3O4S/c1-28-17-8-6-14(7-9-17)16-11-19(22)21(25(13-16)30(23,26)27)29-18-10-15-4-2-3-5-20(15)24-12-18/h2-13,21H,1H3,(H2,23,26,27). The summed E-state index contributed by atoms with van der Waals surface area (Å²) in [6.07, 6.45) is 3.40. The van der Waals surface area contributed by atoms with E-state index >= 15 is 0 Å². The molecule has 30 heavy (non-hydrogen) atoms. The molecule has 1 aromatic heterocycles. The molecule has 1 aliphatic rings. The normalized spacial score (nSPS) is 16.8. The predicted molar refractivity (Wildman–Crippen MR) is 116 cm³/mol. The van der Waals surface area contributed by atoms with Crippen molar-refractivity contribution >= 4 is 38.3 Å². The fourth-order valence-corrected chi connectivity index (χ4v) is 4.09. The van der Waals surface area contributed by atoms with E-state index in [9.17, 15) is 8.42 Å². The lowest BCUT2D eigenvalue weighted by Gasteiger charge is -2.31. The van der Waals surface area contributed by atoms with E-state index in [1.165, 1.54) is 12.4 Å². The van der Waals surface area contributed by atoms with Crippen LogP contribution in [0.15, 0.2) is 78.1 Å². The molecule has 2 N–H and O–H groups in total. The van der Waals surface area contributed by atoms with Gasteiger partial charge >= 0.3 is 10.2 Å². The SMILES string of the molecule is COc1ccc(C2=CN(S(N)(=O)=O)C(Oc3cnc4ccccc4c3)C(Cl)=C2)cc1. The Morgan fingerprint density at radius 3 is 2.53 bits per heavy atom. The fourth-order valence-electron chi connectivity index (χ4n) is 3.08. The van der Waals surface area contributed by atoms with Crippen molar-refractivity contribution < 1.29 is 17.9 Å². The number of ether oxygens (including phenoxy) is 2. The molecule has 0 spiro atoms. The van der Waals surface area contributed by atoms with Gasteiger partial charge in [-0.25, -0.2) is 9.44 Å². The highest BCUT2D eigenvalue weighted by molar-refractivity contribution is 7.86. The molecule has 1 aliphatic heterocycles. The van der Waals surface area contributed by atoms with E-state index in [1.807, 2.05) is 24.3 Å². The molecule has 0 bridgehead atoms. The highest BCUT2D eigenvalue weighted by Crippen LogP contribution is 2.33. The smallest absolute Gasteiger partial charge is 0.301 e. The number of nitrogens with two attached hydrogens (primary N) is 1. The Balaban J connectivity index is 1.69. The van der Waals surface area contributed by atoms with Crippen molar-refractivity contribution in [2.24, 2.45) is 5.14 Å². The zero-order valence-corrected chi connectivity index (χ0v) is 17.5. The Kier molecular flexibility index (Phi) is 5.38. The second kappa shape index (κ2) is 7.98. The van der Waals surface area contributed by atoms with Gasteiger partial charge in [-0.15, -0.1) is 0 Å². The first-order valence-electron chi connectivity index (χ1n) is 8.91. The average Bonchev–Trinajstić information content (AvgIpc) is 2.74. The number of para-hydroxylation sites is 1. The number of halogens is 1. The van der Waals surface area contributed by atoms with Crippen molar-refractivity contribution in [3.05, 3.63) is 83.7 Å². The Labute approximate surface area is 179 Å². The molecule has 3 aromatic rings. The molecule has 0 saturated heterocycles. The van der Waals surface area contributed by atoms with E-state index in [2.05, 4.69) is 4.98 Å². The lowest BCUT2D eigenvalue weighted by atomic mass is 10.0. The number of hydrogen-bond donors (Lipinski definition) is 1. The minimum absolute atomic E-state index is 0.158. The van der Waals surface area contributed by atoms with Crippen molar-refractivity contribution in [1.82, 2.24) is 9.29 Å². The first-order chi connectivity index (χ1) is 14.3. The van der Waals surface area contributed by atoms with Crippen LogP contribution >= 0.6 is 11.6 Å². The van der Waals surface area contributed by atoms with Crippen LogP contribution in [0.3, 0.4) is 0 Å². The first kappa shape index (κ1) is 20.2. The van der Waals surface area contributed by atoms with E-state index in [0.717, 1.165) is 20.8 Å². The lowest BCUT2D eigenvalue weighted by molar-refractivity contribution is 0.155. The number of pyridine rings is 1. The summed E-state index contributed by atoms with van der Waals surface area (Å²) in [5.74, 6) is 1.04. The molecule has 2 aromatic carbocycles. The number of aromatic nitrogens is 1. The molecule has 0 aliphatic carbocycles. The zero-order valence-electron chi connectivity index (χ0n) is 15.9. The molecule has 1 atom stereocenters. The number of rotatable bonds is 5. The van der Waals surface area contributed by atoms with Crippen LogP contribution < -0.4 is 14.6 Å². The van der Waals surface area contributed by atoms with Crippen LogP contribution in [-0.2, 0) is 10.2 Å². The van der Waals surface area contributed by atoms with E-state index in [1.54, 1.807) is 43.5 Å². The molecular formula is C21H18ClN3O4S. The van der Waals surface area contributed by atoms with Gasteiger partial charge in [-0.05, 0) is 35.9 Å². The molecule has 0 radical (unpaired) electrons. The molecular weight excluding hydrogens is 426 g/mol. The summed E-state index contributed by atoms with van der Waals surface area (Å²) in [6, 6.07) is 16.4. The maximum Gasteiger partial charge on any atom is 0.301 e. The topological polar surface area (TPSA) is 94.8 Å². The number of benzene rings is 2. The summed E-state index contributed by atoms with van der Waals surface area (Å²) >= 11 is 6.44. The van der Waals surface area contributed by atoms with Crippen LogP contribution in [0.25, 0.3) is 16.5 Å². The van der Waals surface area contributed by atoms with Crippen LogP contribution in [0.2, 0.25) is 0 Å². The molecule has 0 fully saturated rings. The summed E-state index contributed by atoms with van der Waals surface area (Å²) in [5, 5.41) is 6.45. The molecule has 9 heteroatoms. The summed E-state index contributed by atoms with van der Waals surface area (Å²) < 4.78 is 36.5. The summed E-state index contributed by atoms with van der Waals surface area (Å²) in [6.45, 7) is 0. The highest BCUT2D eigenvalue weighted by Gasteiger charge is 2.32. The monoisotopic (exact) mass is 443 g/mol. The van der Waals surface area contributed by atoms with Gasteiger partial charge in [0.05, 0.1) is 23.9 Å². The predicted octanol–water partition coefficient (Wildman–Crippen LogP) is 3.63. The van der Waals surface area contributed by atoms with E-state index < -0.39 is 16.4 Å². The maximum absolute atomic E-state index is 12.3. The van der Waals surface area contributed by atoms with Crippen molar-refractivity contribution in [1.29, 1.82) is 0 Å². The second-order valence-corrected chi connectivity index (χ2v) is 8.44. The molecule has 4 rings (SSSR count). The fraction of sp³-hybridized carbons (Fsp3) is 0.0952. The second-order valence-electron chi connectivity index (χ2n) is 6.55. The van der Waals surface area contributed by atoms with E-state index in [4.69, 9.17) is 26.2 Å². The van der Waals surface area contributed by atoms with Crippen molar-refractivity contribution in [3.63, 3.8) is 0 Å². The highest BCUT2D eigenvalue weighted by atomic mass is 35.5. The van der Waals surface area contributed by atoms with Gasteiger partial charge in [0.2, 0.25) is 6.23 Å². The number of allylic oxidation sites excluding steroid dienone is 2. The van der Waals surface area contributed by atoms with E-state index in [0.29, 0.717) is 17.1 Å². The minimum Gasteiger partial charge on any atom is -0.497 e. The average molecular weight is 444 g/mol. The minimum atomic E-state index is -4.16. The van der Waals surface area contributed by atoms with Crippen molar-refractivity contribution in [2.45, 2.75) is 6.23 Å². The molecule has 7 nitrogen and oxygen atoms in total. The van der Waals surface area contributed by atoms with Gasteiger partial charge in [0, 0.05) is 17.2 Å². The first-order valence-corrected chi connectivity index (χ1v) is 10.8. The number of fused-ring (bicyclic) bond motifs is 1. The molecule has 0 amide bonds. The van der Waals surface area contributed by atoms with Crippen LogP contribution in [0.5, 0.6) is 11.5 Å². The van der Waals surface area contributed by atoms with E-state index in [-0.39, 0.29) is 5.03 Å². The van der Waals surface area contributed by atoms with Gasteiger partial charge in [0.15, 0.2) is 0 Å². The molecule has 2 heterocycles. The lowest BCUT2D eigenvalue weighted by Crippen LogP contribution is -2.45. The summed E-state index contributed by atoms with van der Waals surface area (Å²) in [7, 11) is -2.60. The third-order valence-electron chi connectivity index (χ3n) is 4.56. The van der Waals surface area contributed by atoms with Gasteiger partial charge in [0.25, 0.3) is 0 Å². The number of nitrogens with zero attached hydrogens (tertiary/aromatic N) is 2. The third kappa shape index (κ3) is 4.11. The Morgan fingerprint density at radius 1 is 1.10 bits per heavy atom. The summed E-state index contributed by atoms with van der Waals surface area (Å²) in [5.41, 5.74) is 2.10. The zero-order chi connectivity index (χ0) is 21.3. The number of methoxy groups -OCH3 is 1. The van der Waals surface area contributed by atoms with Crippen LogP contribution in [0, 0.1) is 0 Å². The Bertz CT molecular complexity index is 1260. The molecule has 1 unspecified atom stereocenters. The van der Waals surface area contributed by atoms with Crippen LogP contribution in [0.1, 0.15) is 5.56 Å². The van der Waals surface area contributed by atoms with Crippen molar-refractivity contribution in [2.75, 3.05) is 7.11 Å². The van der Waals surface area contributed by atoms with Gasteiger partial charge < -0.3 is 9.47 Å². The Morgan fingerprint density at radius 2 is 1.83 bits per heavy atom. The van der Waals surface area contributed by atoms with Gasteiger partial charge in [-0.1, -0.05) is 41.9 Å². The van der Waals surface area contributed by atoms with Crippen LogP contribution in [-0.4, -0.2) is 31.0 Å². The molecule has 0 saturated carbocycles. The third-order valence-corrected chi connectivity index (χ3v) is 5.74. The maximum atomic E-state index is 12.3. The van der Waals surface area contributed by atoms with Gasteiger partial charge in [-0.2, -0.15) is 8.42 Å². The van der Waals surface area contributed by atoms with Gasteiger partial charge in [0.1, 0.15) is 11.5 Å². The van der Waals surface area contributed by atoms with Crippen LogP contribution in [0.4, 0.5) is 0 Å². The molecule has 154 valence electrons. The number of hydrogen-bond acceptors (Lipinski definition) is 5. The largest absolute Gasteiger partial charge is 0.497 e. The quantitative estimate of drug-likeness (QED) is 0.649.